The first-order chi connectivity index (χ1) is 11.8. The van der Waals surface area contributed by atoms with Gasteiger partial charge in [0.15, 0.2) is 5.57 Å². The summed E-state index contributed by atoms with van der Waals surface area (Å²) in [7, 11) is 0. The van der Waals surface area contributed by atoms with Crippen molar-refractivity contribution < 1.29 is 0 Å². The quantitative estimate of drug-likeness (QED) is 0.719. The van der Waals surface area contributed by atoms with Crippen molar-refractivity contribution in [3.8, 4) is 29.6 Å². The molecule has 2 aromatic carbocycles. The van der Waals surface area contributed by atoms with Crippen LogP contribution in [0.1, 0.15) is 0 Å². The van der Waals surface area contributed by atoms with Gasteiger partial charge in [0.25, 0.3) is 0 Å². The third kappa shape index (κ3) is 2.66. The van der Waals surface area contributed by atoms with Crippen LogP contribution in [0.5, 0.6) is 0 Å². The first kappa shape index (κ1) is 14.8. The van der Waals surface area contributed by atoms with Gasteiger partial charge in [0.05, 0.1) is 16.7 Å². The molecule has 0 aliphatic heterocycles. The van der Waals surface area contributed by atoms with E-state index in [1.54, 1.807) is 24.3 Å². The van der Waals surface area contributed by atoms with E-state index in [0.29, 0.717) is 11.5 Å². The molecule has 3 aromatic rings. The van der Waals surface area contributed by atoms with Crippen LogP contribution in [0, 0.1) is 34.0 Å². The molecule has 0 saturated heterocycles. The Morgan fingerprint density at radius 3 is 2.33 bits per heavy atom. The number of anilines is 1. The summed E-state index contributed by atoms with van der Waals surface area (Å²) in [5, 5.41) is 29.9. The van der Waals surface area contributed by atoms with Gasteiger partial charge in [-0.3, -0.25) is 0 Å². The van der Waals surface area contributed by atoms with Crippen LogP contribution in [0.2, 0.25) is 0 Å². The number of aromatic nitrogens is 2. The molecule has 6 nitrogen and oxygen atoms in total. The average Bonchev–Trinajstić information content (AvgIpc) is 3.06. The maximum Gasteiger partial charge on any atom is 0.163 e. The monoisotopic (exact) mass is 310 g/mol. The second kappa shape index (κ2) is 6.36. The van der Waals surface area contributed by atoms with E-state index in [1.807, 2.05) is 42.5 Å². The Balaban J connectivity index is 2.09. The maximum absolute atomic E-state index is 9.20. The lowest BCUT2D eigenvalue weighted by Crippen LogP contribution is -2.02. The Morgan fingerprint density at radius 1 is 0.917 bits per heavy atom. The van der Waals surface area contributed by atoms with Gasteiger partial charge in [-0.2, -0.15) is 15.8 Å². The van der Waals surface area contributed by atoms with Crippen molar-refractivity contribution in [2.45, 2.75) is 0 Å². The Morgan fingerprint density at radius 2 is 1.62 bits per heavy atom. The van der Waals surface area contributed by atoms with Gasteiger partial charge in [-0.25, -0.2) is 4.98 Å². The molecule has 1 heterocycles. The Hall–Kier alpha value is -4.08. The van der Waals surface area contributed by atoms with Gasteiger partial charge < -0.3 is 10.3 Å². The number of para-hydroxylation sites is 3. The van der Waals surface area contributed by atoms with Crippen LogP contribution >= 0.6 is 0 Å². The van der Waals surface area contributed by atoms with Gasteiger partial charge in [0.2, 0.25) is 0 Å². The standard InChI is InChI=1S/C18H10N6/c19-9-12(10-20)17(11-21)22-14-6-2-1-5-13(14)18-23-15-7-3-4-8-16(15)24-18/h1-8,22H,(H,23,24). The number of hydrogen-bond acceptors (Lipinski definition) is 5. The highest BCUT2D eigenvalue weighted by Crippen LogP contribution is 2.28. The summed E-state index contributed by atoms with van der Waals surface area (Å²) >= 11 is 0. The van der Waals surface area contributed by atoms with E-state index in [9.17, 15) is 5.26 Å². The summed E-state index contributed by atoms with van der Waals surface area (Å²) < 4.78 is 0. The number of hydrogen-bond donors (Lipinski definition) is 2. The number of nitrogens with one attached hydrogen (secondary N) is 2. The van der Waals surface area contributed by atoms with Gasteiger partial charge in [0, 0.05) is 5.56 Å². The molecule has 0 amide bonds. The summed E-state index contributed by atoms with van der Waals surface area (Å²) in [5.41, 5.74) is 2.68. The van der Waals surface area contributed by atoms with E-state index in [4.69, 9.17) is 10.5 Å². The van der Waals surface area contributed by atoms with Crippen molar-refractivity contribution in [3.63, 3.8) is 0 Å². The van der Waals surface area contributed by atoms with Crippen LogP contribution in [0.15, 0.2) is 59.8 Å². The molecule has 0 aliphatic rings. The Bertz CT molecular complexity index is 1020. The number of H-pyrrole nitrogens is 1. The molecule has 0 bridgehead atoms. The molecule has 0 saturated carbocycles. The molecular formula is C18H10N6. The fraction of sp³-hybridized carbons (Fsp3) is 0. The van der Waals surface area contributed by atoms with Crippen molar-refractivity contribution >= 4 is 16.7 Å². The molecule has 0 radical (unpaired) electrons. The van der Waals surface area contributed by atoms with Gasteiger partial charge in [-0.15, -0.1) is 0 Å². The summed E-state index contributed by atoms with van der Waals surface area (Å²) in [5.74, 6) is 0.632. The topological polar surface area (TPSA) is 112 Å². The number of nitriles is 3. The minimum Gasteiger partial charge on any atom is -0.345 e. The van der Waals surface area contributed by atoms with Crippen LogP contribution in [0.3, 0.4) is 0 Å². The molecule has 112 valence electrons. The highest BCUT2D eigenvalue weighted by atomic mass is 14.9. The number of fused-ring (bicyclic) bond motifs is 1. The molecule has 24 heavy (non-hydrogen) atoms. The van der Waals surface area contributed by atoms with Crippen molar-refractivity contribution in [1.29, 1.82) is 15.8 Å². The average molecular weight is 310 g/mol. The molecule has 0 spiro atoms. The second-order valence-electron chi connectivity index (χ2n) is 4.86. The maximum atomic E-state index is 9.20. The number of rotatable bonds is 3. The predicted octanol–water partition coefficient (Wildman–Crippen LogP) is 3.47. The van der Waals surface area contributed by atoms with Crippen LogP contribution in [0.4, 0.5) is 5.69 Å². The fourth-order valence-electron chi connectivity index (χ4n) is 2.30. The SMILES string of the molecule is N#CC(C#N)=C(C#N)Nc1ccccc1-c1nc2ccccc2[nH]1. The lowest BCUT2D eigenvalue weighted by atomic mass is 10.1. The number of benzene rings is 2. The highest BCUT2D eigenvalue weighted by Gasteiger charge is 2.12. The molecule has 3 rings (SSSR count). The van der Waals surface area contributed by atoms with E-state index in [0.717, 1.165) is 16.6 Å². The van der Waals surface area contributed by atoms with Crippen molar-refractivity contribution in [3.05, 3.63) is 59.8 Å². The minimum absolute atomic E-state index is 0.0939. The number of imidazole rings is 1. The zero-order valence-corrected chi connectivity index (χ0v) is 12.4. The first-order valence-electron chi connectivity index (χ1n) is 7.02. The summed E-state index contributed by atoms with van der Waals surface area (Å²) in [6.45, 7) is 0. The highest BCUT2D eigenvalue weighted by molar-refractivity contribution is 5.83. The third-order valence-corrected chi connectivity index (χ3v) is 3.42. The van der Waals surface area contributed by atoms with E-state index >= 15 is 0 Å². The minimum atomic E-state index is -0.267. The van der Waals surface area contributed by atoms with Crippen LogP contribution < -0.4 is 5.32 Å². The van der Waals surface area contributed by atoms with Crippen molar-refractivity contribution in [2.24, 2.45) is 0 Å². The zero-order chi connectivity index (χ0) is 16.9. The zero-order valence-electron chi connectivity index (χ0n) is 12.4. The van der Waals surface area contributed by atoms with Gasteiger partial charge >= 0.3 is 0 Å². The van der Waals surface area contributed by atoms with Crippen molar-refractivity contribution in [1.82, 2.24) is 9.97 Å². The third-order valence-electron chi connectivity index (χ3n) is 3.42. The predicted molar refractivity (Wildman–Crippen MR) is 89.0 cm³/mol. The first-order valence-corrected chi connectivity index (χ1v) is 7.02. The van der Waals surface area contributed by atoms with Crippen LogP contribution in [-0.2, 0) is 0 Å². The molecule has 0 atom stereocenters. The van der Waals surface area contributed by atoms with Gasteiger partial charge in [0.1, 0.15) is 29.7 Å². The van der Waals surface area contributed by atoms with Gasteiger partial charge in [-0.1, -0.05) is 24.3 Å². The largest absolute Gasteiger partial charge is 0.345 e. The Kier molecular flexibility index (Phi) is 3.93. The molecule has 6 heteroatoms. The summed E-state index contributed by atoms with van der Waals surface area (Å²) in [4.78, 5) is 7.76. The number of aromatic amines is 1. The molecule has 2 N–H and O–H groups in total. The molecule has 0 aliphatic carbocycles. The van der Waals surface area contributed by atoms with E-state index in [-0.39, 0.29) is 11.3 Å². The Labute approximate surface area is 137 Å². The molecule has 1 aromatic heterocycles. The normalized spacial score (nSPS) is 9.54. The molecule has 0 fully saturated rings. The number of allylic oxidation sites excluding steroid dienone is 2. The number of nitrogens with zero attached hydrogens (tertiary/aromatic N) is 4. The van der Waals surface area contributed by atoms with E-state index < -0.39 is 0 Å². The lowest BCUT2D eigenvalue weighted by Gasteiger charge is -2.09. The second-order valence-corrected chi connectivity index (χ2v) is 4.86. The molecule has 0 unspecified atom stereocenters. The van der Waals surface area contributed by atoms with Crippen molar-refractivity contribution in [2.75, 3.05) is 5.32 Å². The smallest absolute Gasteiger partial charge is 0.163 e. The van der Waals surface area contributed by atoms with Crippen LogP contribution in [-0.4, -0.2) is 9.97 Å². The fourth-order valence-corrected chi connectivity index (χ4v) is 2.30. The van der Waals surface area contributed by atoms with E-state index in [2.05, 4.69) is 15.3 Å². The van der Waals surface area contributed by atoms with Crippen LogP contribution in [0.25, 0.3) is 22.4 Å². The lowest BCUT2D eigenvalue weighted by molar-refractivity contribution is 1.32. The summed E-state index contributed by atoms with van der Waals surface area (Å²) in [6.07, 6.45) is 0. The summed E-state index contributed by atoms with van der Waals surface area (Å²) in [6, 6.07) is 20.2. The molecular weight excluding hydrogens is 300 g/mol. The van der Waals surface area contributed by atoms with E-state index in [1.165, 1.54) is 0 Å². The van der Waals surface area contributed by atoms with Gasteiger partial charge in [-0.05, 0) is 24.3 Å².